The van der Waals surface area contributed by atoms with Crippen LogP contribution in [0.1, 0.15) is 125 Å². The van der Waals surface area contributed by atoms with Gasteiger partial charge in [0.05, 0.1) is 0 Å². The molecule has 0 amide bonds. The fraction of sp³-hybridized carbons (Fsp3) is 1.00. The number of hydrogen-bond acceptors (Lipinski definition) is 1. The van der Waals surface area contributed by atoms with Crippen LogP contribution in [-0.2, 0) is 0 Å². The van der Waals surface area contributed by atoms with E-state index < -0.39 is 24.7 Å². The summed E-state index contributed by atoms with van der Waals surface area (Å²) < 4.78 is 0. The van der Waals surface area contributed by atoms with Gasteiger partial charge in [-0.3, -0.25) is 0 Å². The van der Waals surface area contributed by atoms with E-state index in [4.69, 9.17) is 14.9 Å². The van der Waals surface area contributed by atoms with Crippen LogP contribution in [0.4, 0.5) is 0 Å². The van der Waals surface area contributed by atoms with Crippen LogP contribution in [0.5, 0.6) is 0 Å². The van der Waals surface area contributed by atoms with Crippen LogP contribution in [0.2, 0.25) is 49.9 Å². The molecule has 0 aromatic heterocycles. The topological polar surface area (TPSA) is 45.5 Å². The monoisotopic (exact) mass is 884 g/mol. The molecule has 1 radical (unpaired) electrons. The first-order chi connectivity index (χ1) is 18.3. The Hall–Kier alpha value is 1.97. The van der Waals surface area contributed by atoms with Crippen LogP contribution in [0.15, 0.2) is 0 Å². The summed E-state index contributed by atoms with van der Waals surface area (Å²) in [6.45, 7) is 49.7. The molecule has 0 aliphatic heterocycles. The third-order valence-electron chi connectivity index (χ3n) is 10.7. The fourth-order valence-electron chi connectivity index (χ4n) is 9.13. The van der Waals surface area contributed by atoms with Gasteiger partial charge in [-0.15, -0.1) is 19.6 Å². The molecule has 0 spiro atoms. The summed E-state index contributed by atoms with van der Waals surface area (Å²) in [4.78, 5) is 19.6. The maximum Gasteiger partial charge on any atom is 3.00 e. The normalized spacial score (nSPS) is 13.7. The smallest absolute Gasteiger partial charge is 0.663 e. The second kappa shape index (κ2) is 21.8. The minimum absolute atomic E-state index is 0. The molecule has 4 nitrogen and oxygen atoms in total. The Labute approximate surface area is 297 Å². The van der Waals surface area contributed by atoms with E-state index >= 15 is 0 Å². The second-order valence-electron chi connectivity index (χ2n) is 15.5. The van der Waals surface area contributed by atoms with Gasteiger partial charge in [0.25, 0.3) is 0 Å². The first kappa shape index (κ1) is 48.4. The minimum atomic E-state index is -1.74. The van der Waals surface area contributed by atoms with Crippen molar-refractivity contribution < 1.29 is 31.1 Å². The van der Waals surface area contributed by atoms with Crippen molar-refractivity contribution in [2.75, 3.05) is 39.3 Å². The van der Waals surface area contributed by atoms with Crippen molar-refractivity contribution in [2.45, 2.75) is 174 Å². The Morgan fingerprint density at radius 3 is 0.619 bits per heavy atom. The van der Waals surface area contributed by atoms with E-state index in [1.807, 2.05) is 0 Å². The Kier molecular flexibility index (Phi) is 25.1. The van der Waals surface area contributed by atoms with Crippen molar-refractivity contribution in [2.24, 2.45) is 0 Å². The number of rotatable bonds is 21. The van der Waals surface area contributed by atoms with Crippen LogP contribution >= 0.6 is 9.90 Å². The average Bonchev–Trinajstić information content (AvgIpc) is 2.79. The van der Waals surface area contributed by atoms with Crippen molar-refractivity contribution >= 4 is 34.6 Å². The van der Waals surface area contributed by atoms with Gasteiger partial charge in [-0.1, -0.05) is 174 Å². The molecule has 1 unspecified atom stereocenters. The molecule has 0 aliphatic rings. The number of nitrogens with zero attached hydrogens (tertiary/aromatic N) is 4. The van der Waals surface area contributed by atoms with E-state index in [2.05, 4.69) is 130 Å². The molecule has 0 aliphatic carbocycles. The molecule has 0 heterocycles. The fourth-order valence-corrected chi connectivity index (χ4v) is 25.9. The van der Waals surface area contributed by atoms with Crippen molar-refractivity contribution in [1.82, 2.24) is 4.90 Å². The molecule has 0 aromatic rings. The van der Waals surface area contributed by atoms with E-state index in [0.29, 0.717) is 49.9 Å². The van der Waals surface area contributed by atoms with E-state index in [9.17, 15) is 0 Å². The zero-order chi connectivity index (χ0) is 31.6. The summed E-state index contributed by atoms with van der Waals surface area (Å²) in [6, 6.07) is 0. The van der Waals surface area contributed by atoms with Gasteiger partial charge in [-0.25, -0.2) is 0 Å². The molecule has 0 fully saturated rings. The molecule has 9 heteroatoms. The predicted octanol–water partition coefficient (Wildman–Crippen LogP) is 12.0. The molecule has 42 heavy (non-hydrogen) atoms. The van der Waals surface area contributed by atoms with Gasteiger partial charge >= 0.3 is 31.1 Å². The molecule has 0 N–H and O–H groups in total. The molecule has 0 rings (SSSR count). The maximum atomic E-state index is 5.63. The Balaban J connectivity index is -0.00000760. The Bertz CT molecular complexity index is 533. The van der Waals surface area contributed by atoms with Crippen molar-refractivity contribution in [3.63, 3.8) is 0 Å². The van der Waals surface area contributed by atoms with Gasteiger partial charge in [0.15, 0.2) is 0 Å². The molecule has 0 saturated heterocycles. The quantitative estimate of drug-likeness (QED) is 0.0837. The van der Waals surface area contributed by atoms with Crippen LogP contribution < -0.4 is 0 Å². The van der Waals surface area contributed by atoms with Gasteiger partial charge in [0.1, 0.15) is 0 Å². The maximum absolute atomic E-state index is 5.63. The van der Waals surface area contributed by atoms with Gasteiger partial charge in [-0.2, -0.15) is 9.90 Å². The molecule has 251 valence electrons. The summed E-state index contributed by atoms with van der Waals surface area (Å²) in [7, 11) is -5.22. The summed E-state index contributed by atoms with van der Waals surface area (Å²) in [6.07, 6.45) is 0. The summed E-state index contributed by atoms with van der Waals surface area (Å²) in [5.41, 5.74) is 6.09. The van der Waals surface area contributed by atoms with Gasteiger partial charge in [-0.05, 0) is 44.3 Å². The SMILES string of the molecule is CC(C)[Si]([N-]CCN(CC[N-][Si](C(C)C)(C(C)C)C(C)C)CC[N-][Si](C(C)C)(C(C)C)C(C)C)(C(C)C)C(C)C.P.[U+3]. The zero-order valence-corrected chi connectivity index (χ0v) is 40.5. The van der Waals surface area contributed by atoms with Crippen molar-refractivity contribution in [3.05, 3.63) is 14.9 Å². The second-order valence-corrected chi connectivity index (χ2v) is 32.2. The van der Waals surface area contributed by atoms with Crippen LogP contribution in [0, 0.1) is 31.1 Å². The van der Waals surface area contributed by atoms with Crippen molar-refractivity contribution in [3.8, 4) is 0 Å². The van der Waals surface area contributed by atoms with Gasteiger partial charge in [0.2, 0.25) is 0 Å². The predicted molar refractivity (Wildman–Crippen MR) is 205 cm³/mol. The van der Waals surface area contributed by atoms with E-state index in [0.717, 1.165) is 39.3 Å². The molecule has 1 atom stereocenters. The van der Waals surface area contributed by atoms with Crippen LogP contribution in [0.25, 0.3) is 14.9 Å². The minimum Gasteiger partial charge on any atom is -0.663 e. The first-order valence-electron chi connectivity index (χ1n) is 17.1. The van der Waals surface area contributed by atoms with Gasteiger partial charge in [0, 0.05) is 0 Å². The molecular formula is C33H78N4PSi3U. The summed E-state index contributed by atoms with van der Waals surface area (Å²) >= 11 is 0. The standard InChI is InChI=1S/C33H75N4Si3.H3P.U/c1-25(2)38(26(3)4,27(5)6)34-19-22-37(23-20-35-39(28(7)8,29(9)10)30(11)12)24-21-36-40(31(13)14,32(15)16)33(17)18;;/h25-33H,19-24H2,1-18H3;1H3;/q-3;;+3. The average molecular weight is 884 g/mol. The molecule has 0 saturated carbocycles. The molecule has 0 aromatic carbocycles. The van der Waals surface area contributed by atoms with Crippen molar-refractivity contribution in [1.29, 1.82) is 0 Å². The summed E-state index contributed by atoms with van der Waals surface area (Å²) in [5, 5.41) is 0. The van der Waals surface area contributed by atoms with E-state index in [1.54, 1.807) is 0 Å². The van der Waals surface area contributed by atoms with Gasteiger partial charge < -0.3 is 19.8 Å². The molecule has 0 bridgehead atoms. The largest absolute Gasteiger partial charge is 3.00 e. The van der Waals surface area contributed by atoms with E-state index in [-0.39, 0.29) is 41.0 Å². The molecular weight excluding hydrogens is 806 g/mol. The number of hydrogen-bond donors (Lipinski definition) is 0. The summed E-state index contributed by atoms with van der Waals surface area (Å²) in [5.74, 6) is 0. The zero-order valence-electron chi connectivity index (χ0n) is 31.9. The Morgan fingerprint density at radius 2 is 0.500 bits per heavy atom. The third-order valence-corrected chi connectivity index (χ3v) is 29.7. The van der Waals surface area contributed by atoms with Crippen LogP contribution in [0.3, 0.4) is 0 Å². The first-order valence-corrected chi connectivity index (χ1v) is 23.6. The third kappa shape index (κ3) is 11.9. The Morgan fingerprint density at radius 1 is 0.357 bits per heavy atom. The van der Waals surface area contributed by atoms with Crippen LogP contribution in [-0.4, -0.2) is 68.9 Å². The van der Waals surface area contributed by atoms with E-state index in [1.165, 1.54) is 0 Å².